The lowest BCUT2D eigenvalue weighted by atomic mass is 10.1. The topological polar surface area (TPSA) is 116 Å². The molecule has 1 N–H and O–H groups in total. The number of rotatable bonds is 5. The first kappa shape index (κ1) is 16.9. The van der Waals surface area contributed by atoms with Crippen LogP contribution in [-0.2, 0) is 14.8 Å². The fourth-order valence-corrected chi connectivity index (χ4v) is 2.39. The number of para-hydroxylation sites is 1. The summed E-state index contributed by atoms with van der Waals surface area (Å²) in [6, 6.07) is 4.73. The maximum Gasteiger partial charge on any atom is 0.421 e. The highest BCUT2D eigenvalue weighted by Crippen LogP contribution is 2.23. The molecule has 0 saturated heterocycles. The Balaban J connectivity index is 3.03. The molecule has 1 amide bonds. The number of ether oxygens (including phenoxy) is 1. The molecule has 0 fully saturated rings. The van der Waals surface area contributed by atoms with E-state index in [1.54, 1.807) is 25.5 Å². The molecule has 0 aliphatic rings. The summed E-state index contributed by atoms with van der Waals surface area (Å²) in [7, 11) is -4.38. The smallest absolute Gasteiger partial charge is 0.421 e. The predicted octanol–water partition coefficient (Wildman–Crippen LogP) is 2.20. The van der Waals surface area contributed by atoms with Gasteiger partial charge in [0.05, 0.1) is 4.92 Å². The molecular weight excluding hydrogens is 300 g/mol. The average Bonchev–Trinajstić information content (AvgIpc) is 2.37. The van der Waals surface area contributed by atoms with Gasteiger partial charge >= 0.3 is 6.09 Å². The number of carbonyl (C=O) groups is 1. The van der Waals surface area contributed by atoms with Gasteiger partial charge in [-0.3, -0.25) is 10.1 Å². The molecule has 0 spiro atoms. The van der Waals surface area contributed by atoms with Gasteiger partial charge in [0.15, 0.2) is 4.90 Å². The van der Waals surface area contributed by atoms with Crippen molar-refractivity contribution in [1.29, 1.82) is 0 Å². The highest BCUT2D eigenvalue weighted by molar-refractivity contribution is 7.90. The Hall–Kier alpha value is -2.16. The number of nitro groups is 1. The number of nitro benzene ring substituents is 1. The summed E-state index contributed by atoms with van der Waals surface area (Å²) in [5.74, 6) is 0. The third kappa shape index (κ3) is 4.42. The van der Waals surface area contributed by atoms with Gasteiger partial charge in [0.1, 0.15) is 5.60 Å². The molecule has 0 aliphatic carbocycles. The Labute approximate surface area is 122 Å². The number of carbonyl (C=O) groups excluding carboxylic acids is 1. The number of nitrogens with one attached hydrogen (secondary N) is 1. The minimum Gasteiger partial charge on any atom is -0.443 e. The maximum atomic E-state index is 12.0. The largest absolute Gasteiger partial charge is 0.443 e. The Morgan fingerprint density at radius 3 is 2.48 bits per heavy atom. The Morgan fingerprint density at radius 1 is 1.38 bits per heavy atom. The minimum atomic E-state index is -4.38. The summed E-state index contributed by atoms with van der Waals surface area (Å²) in [4.78, 5) is 21.0. The molecule has 0 bridgehead atoms. The van der Waals surface area contributed by atoms with E-state index in [1.165, 1.54) is 12.1 Å². The zero-order valence-corrected chi connectivity index (χ0v) is 12.6. The third-order valence-electron chi connectivity index (χ3n) is 2.79. The van der Waals surface area contributed by atoms with Crippen LogP contribution < -0.4 is 4.72 Å². The lowest BCUT2D eigenvalue weighted by Crippen LogP contribution is -2.37. The number of nitrogens with zero attached hydrogens (tertiary/aromatic N) is 1. The molecule has 1 aromatic carbocycles. The van der Waals surface area contributed by atoms with Gasteiger partial charge in [0, 0.05) is 6.07 Å². The molecule has 116 valence electrons. The number of hydrogen-bond donors (Lipinski definition) is 1. The SMILES string of the molecule is CCC(C)(C)OC(=O)NS(=O)(=O)c1ccccc1[N+](=O)[O-]. The van der Waals surface area contributed by atoms with Crippen molar-refractivity contribution in [3.63, 3.8) is 0 Å². The van der Waals surface area contributed by atoms with E-state index in [-0.39, 0.29) is 0 Å². The van der Waals surface area contributed by atoms with Gasteiger partial charge in [0.25, 0.3) is 15.7 Å². The van der Waals surface area contributed by atoms with Crippen LogP contribution >= 0.6 is 0 Å². The van der Waals surface area contributed by atoms with E-state index in [1.807, 2.05) is 0 Å². The van der Waals surface area contributed by atoms with E-state index in [4.69, 9.17) is 4.74 Å². The quantitative estimate of drug-likeness (QED) is 0.657. The normalized spacial score (nSPS) is 11.8. The van der Waals surface area contributed by atoms with Crippen LogP contribution in [0.25, 0.3) is 0 Å². The summed E-state index contributed by atoms with van der Waals surface area (Å²) in [6.45, 7) is 5.00. The average molecular weight is 316 g/mol. The Kier molecular flexibility index (Phi) is 4.89. The van der Waals surface area contributed by atoms with Crippen molar-refractivity contribution in [1.82, 2.24) is 4.72 Å². The van der Waals surface area contributed by atoms with Crippen LogP contribution in [0.2, 0.25) is 0 Å². The van der Waals surface area contributed by atoms with Crippen molar-refractivity contribution in [3.05, 3.63) is 34.4 Å². The van der Waals surface area contributed by atoms with Gasteiger partial charge < -0.3 is 4.74 Å². The van der Waals surface area contributed by atoms with Crippen molar-refractivity contribution < 1.29 is 22.9 Å². The number of sulfonamides is 1. The van der Waals surface area contributed by atoms with Gasteiger partial charge in [-0.25, -0.2) is 17.9 Å². The summed E-state index contributed by atoms with van der Waals surface area (Å²) in [5.41, 5.74) is -1.46. The lowest BCUT2D eigenvalue weighted by molar-refractivity contribution is -0.387. The zero-order chi connectivity index (χ0) is 16.3. The summed E-state index contributed by atoms with van der Waals surface area (Å²) >= 11 is 0. The van der Waals surface area contributed by atoms with E-state index < -0.39 is 37.2 Å². The van der Waals surface area contributed by atoms with E-state index >= 15 is 0 Å². The van der Waals surface area contributed by atoms with E-state index in [0.717, 1.165) is 12.1 Å². The molecule has 0 aromatic heterocycles. The van der Waals surface area contributed by atoms with Gasteiger partial charge in [0.2, 0.25) is 0 Å². The third-order valence-corrected chi connectivity index (χ3v) is 4.15. The summed E-state index contributed by atoms with van der Waals surface area (Å²) < 4.78 is 30.7. The second-order valence-electron chi connectivity index (χ2n) is 4.83. The first-order chi connectivity index (χ1) is 9.59. The second-order valence-corrected chi connectivity index (χ2v) is 6.48. The molecule has 0 radical (unpaired) electrons. The van der Waals surface area contributed by atoms with Gasteiger partial charge in [-0.05, 0) is 26.3 Å². The van der Waals surface area contributed by atoms with E-state index in [2.05, 4.69) is 0 Å². The van der Waals surface area contributed by atoms with Crippen LogP contribution in [0, 0.1) is 10.1 Å². The van der Waals surface area contributed by atoms with Gasteiger partial charge in [-0.1, -0.05) is 19.1 Å². The minimum absolute atomic E-state index is 0.478. The zero-order valence-electron chi connectivity index (χ0n) is 11.8. The number of benzene rings is 1. The first-order valence-corrected chi connectivity index (χ1v) is 7.56. The highest BCUT2D eigenvalue weighted by Gasteiger charge is 2.29. The second kappa shape index (κ2) is 6.08. The standard InChI is InChI=1S/C12H16N2O6S/c1-4-12(2,3)20-11(15)13-21(18,19)10-8-6-5-7-9(10)14(16)17/h5-8H,4H2,1-3H3,(H,13,15). The lowest BCUT2D eigenvalue weighted by Gasteiger charge is -2.23. The molecule has 0 unspecified atom stereocenters. The summed E-state index contributed by atoms with van der Waals surface area (Å²) in [5, 5.41) is 10.8. The molecule has 0 heterocycles. The van der Waals surface area contributed by atoms with Crippen LogP contribution in [0.5, 0.6) is 0 Å². The van der Waals surface area contributed by atoms with Crippen LogP contribution in [0.4, 0.5) is 10.5 Å². The maximum absolute atomic E-state index is 12.0. The van der Waals surface area contributed by atoms with Crippen LogP contribution in [0.1, 0.15) is 27.2 Å². The van der Waals surface area contributed by atoms with Crippen molar-refractivity contribution in [2.24, 2.45) is 0 Å². The molecule has 1 aromatic rings. The van der Waals surface area contributed by atoms with Crippen LogP contribution in [-0.4, -0.2) is 25.0 Å². The van der Waals surface area contributed by atoms with Crippen LogP contribution in [0.15, 0.2) is 29.2 Å². The molecule has 0 saturated carbocycles. The van der Waals surface area contributed by atoms with Crippen molar-refractivity contribution in [2.45, 2.75) is 37.7 Å². The summed E-state index contributed by atoms with van der Waals surface area (Å²) in [6.07, 6.45) is -0.702. The Bertz CT molecular complexity index is 653. The number of amides is 1. The van der Waals surface area contributed by atoms with Gasteiger partial charge in [-0.2, -0.15) is 0 Å². The first-order valence-electron chi connectivity index (χ1n) is 6.08. The van der Waals surface area contributed by atoms with E-state index in [0.29, 0.717) is 6.42 Å². The monoisotopic (exact) mass is 316 g/mol. The van der Waals surface area contributed by atoms with Crippen molar-refractivity contribution in [2.75, 3.05) is 0 Å². The molecule has 0 atom stereocenters. The predicted molar refractivity (Wildman–Crippen MR) is 74.3 cm³/mol. The fraction of sp³-hybridized carbons (Fsp3) is 0.417. The van der Waals surface area contributed by atoms with E-state index in [9.17, 15) is 23.3 Å². The molecule has 9 heteroatoms. The van der Waals surface area contributed by atoms with Crippen molar-refractivity contribution in [3.8, 4) is 0 Å². The Morgan fingerprint density at radius 2 is 1.95 bits per heavy atom. The van der Waals surface area contributed by atoms with Crippen LogP contribution in [0.3, 0.4) is 0 Å². The fourth-order valence-electron chi connectivity index (χ4n) is 1.34. The molecular formula is C12H16N2O6S. The highest BCUT2D eigenvalue weighted by atomic mass is 32.2. The number of hydrogen-bond acceptors (Lipinski definition) is 6. The molecule has 8 nitrogen and oxygen atoms in total. The van der Waals surface area contributed by atoms with Gasteiger partial charge in [-0.15, -0.1) is 0 Å². The molecule has 21 heavy (non-hydrogen) atoms. The molecule has 0 aliphatic heterocycles. The van der Waals surface area contributed by atoms with Crippen molar-refractivity contribution >= 4 is 21.8 Å². The molecule has 1 rings (SSSR count).